The summed E-state index contributed by atoms with van der Waals surface area (Å²) in [6.45, 7) is 12.1. The molecule has 18 heteroatoms. The Hall–Kier alpha value is -0.980. The zero-order valence-corrected chi connectivity index (χ0v) is 38.5. The minimum atomic E-state index is -1.85. The predicted molar refractivity (Wildman–Crippen MR) is 225 cm³/mol. The lowest BCUT2D eigenvalue weighted by atomic mass is 9.31. The number of rotatable bonds is 9. The third-order valence-electron chi connectivity index (χ3n) is 20.0. The molecule has 9 rings (SSSR count). The first-order chi connectivity index (χ1) is 30.6. The zero-order valence-electron chi connectivity index (χ0n) is 38.5. The van der Waals surface area contributed by atoms with Gasteiger partial charge < -0.3 is 89.3 Å². The Morgan fingerprint density at radius 1 is 0.677 bits per heavy atom. The molecule has 4 saturated carbocycles. The summed E-state index contributed by atoms with van der Waals surface area (Å²) in [7, 11) is 0. The van der Waals surface area contributed by atoms with Crippen LogP contribution in [0.25, 0.3) is 0 Å². The number of aliphatic hydroxyl groups is 11. The zero-order chi connectivity index (χ0) is 47.0. The highest BCUT2D eigenvalue weighted by atomic mass is 16.8. The molecule has 0 aromatic heterocycles. The van der Waals surface area contributed by atoms with Crippen LogP contribution in [0.1, 0.15) is 86.5 Å². The molecule has 0 aromatic carbocycles. The van der Waals surface area contributed by atoms with Crippen LogP contribution in [0.15, 0.2) is 12.2 Å². The number of aliphatic hydroxyl groups excluding tert-OH is 11. The molecule has 1 spiro atoms. The first-order valence-electron chi connectivity index (χ1n) is 24.1. The normalized spacial score (nSPS) is 59.8. The second kappa shape index (κ2) is 17.1. The summed E-state index contributed by atoms with van der Waals surface area (Å²) in [5, 5.41) is 120. The maximum absolute atomic E-state index is 12.3. The fourth-order valence-corrected chi connectivity index (χ4v) is 15.8. The van der Waals surface area contributed by atoms with Crippen molar-refractivity contribution < 1.29 is 89.3 Å². The highest BCUT2D eigenvalue weighted by Gasteiger charge is 2.79. The van der Waals surface area contributed by atoms with Crippen molar-refractivity contribution in [2.45, 2.75) is 190 Å². The van der Waals surface area contributed by atoms with Crippen molar-refractivity contribution in [3.05, 3.63) is 12.2 Å². The smallest absolute Gasteiger partial charge is 0.187 e. The van der Waals surface area contributed by atoms with E-state index in [1.165, 1.54) is 0 Å². The Kier molecular flexibility index (Phi) is 12.9. The monoisotopic (exact) mass is 929 g/mol. The van der Waals surface area contributed by atoms with Gasteiger partial charge in [-0.3, -0.25) is 0 Å². The second-order valence-corrected chi connectivity index (χ2v) is 22.8. The van der Waals surface area contributed by atoms with Gasteiger partial charge in [-0.15, -0.1) is 0 Å². The van der Waals surface area contributed by atoms with Crippen molar-refractivity contribution >= 4 is 0 Å². The molecule has 11 N–H and O–H groups in total. The fourth-order valence-electron chi connectivity index (χ4n) is 15.8. The van der Waals surface area contributed by atoms with E-state index in [9.17, 15) is 56.2 Å². The van der Waals surface area contributed by atoms with E-state index in [0.717, 1.165) is 25.7 Å². The molecule has 8 fully saturated rings. The first-order valence-corrected chi connectivity index (χ1v) is 24.1. The van der Waals surface area contributed by atoms with Crippen LogP contribution in [0.2, 0.25) is 0 Å². The predicted octanol–water partition coefficient (Wildman–Crippen LogP) is -0.931. The van der Waals surface area contributed by atoms with Gasteiger partial charge in [0, 0.05) is 22.2 Å². The lowest BCUT2D eigenvalue weighted by Gasteiger charge is -2.73. The Bertz CT molecular complexity index is 1760. The summed E-state index contributed by atoms with van der Waals surface area (Å²) in [6.07, 6.45) is -14.1. The molecule has 0 amide bonds. The molecule has 372 valence electrons. The standard InChI is InChI=1S/C47H76O18/c1-21-7-13-46-20-60-47(38(46)22(21)2)14-9-27-42(3)11-10-29(43(4,19-50)26(42)8-12-44(27,5)45(47,6)15-28(46)52)63-40-36(33(56)31(54)24(16-48)61-40)65-41-37(34(57)32(55)25(17-49)62-41)64-39-35(58)30(53)23(51)18-59-39/h9,14,21-41,48-58H,7-8,10-13,15-20H2,1-6H3. The SMILES string of the molecule is CC1CCC23COC4(C=CC5C6(C)CCC(OC7OC(CO)C(O)C(O)C7OC7OC(CO)C(O)C(O)C7OC7OCC(O)C(O)C7O)C(C)(CO)C6CCC5(C)C4(C)CC2O)C3C1C. The van der Waals surface area contributed by atoms with Gasteiger partial charge >= 0.3 is 0 Å². The van der Waals surface area contributed by atoms with Crippen LogP contribution in [0.4, 0.5) is 0 Å². The number of fused-ring (bicyclic) bond motifs is 4. The van der Waals surface area contributed by atoms with E-state index >= 15 is 0 Å². The van der Waals surface area contributed by atoms with E-state index in [1.54, 1.807) is 0 Å². The largest absolute Gasteiger partial charge is 0.396 e. The van der Waals surface area contributed by atoms with Crippen LogP contribution < -0.4 is 0 Å². The fraction of sp³-hybridized carbons (Fsp3) is 0.957. The molecular formula is C47H76O18. The Labute approximate surface area is 380 Å². The Morgan fingerprint density at radius 3 is 1.91 bits per heavy atom. The molecule has 4 saturated heterocycles. The Balaban J connectivity index is 1.00. The van der Waals surface area contributed by atoms with Crippen LogP contribution in [0.3, 0.4) is 0 Å². The highest BCUT2D eigenvalue weighted by Crippen LogP contribution is 2.79. The minimum absolute atomic E-state index is 0.0619. The van der Waals surface area contributed by atoms with Crippen molar-refractivity contribution in [1.29, 1.82) is 0 Å². The molecule has 0 radical (unpaired) electrons. The summed E-state index contributed by atoms with van der Waals surface area (Å²) < 4.78 is 43.5. The van der Waals surface area contributed by atoms with Gasteiger partial charge in [0.25, 0.3) is 0 Å². The second-order valence-electron chi connectivity index (χ2n) is 22.8. The lowest BCUT2D eigenvalue weighted by Crippen LogP contribution is -2.73. The van der Waals surface area contributed by atoms with Crippen LogP contribution >= 0.6 is 0 Å². The molecule has 27 atom stereocenters. The molecule has 4 heterocycles. The van der Waals surface area contributed by atoms with Gasteiger partial charge in [-0.1, -0.05) is 53.7 Å². The molecular weight excluding hydrogens is 852 g/mol. The summed E-state index contributed by atoms with van der Waals surface area (Å²) in [4.78, 5) is 0. The van der Waals surface area contributed by atoms with E-state index in [-0.39, 0.29) is 46.0 Å². The van der Waals surface area contributed by atoms with Gasteiger partial charge in [0.2, 0.25) is 0 Å². The third kappa shape index (κ3) is 6.85. The summed E-state index contributed by atoms with van der Waals surface area (Å²) in [5.74, 6) is 1.06. The third-order valence-corrected chi connectivity index (χ3v) is 20.0. The molecule has 9 aliphatic rings. The van der Waals surface area contributed by atoms with Gasteiger partial charge in [-0.2, -0.15) is 0 Å². The molecule has 2 bridgehead atoms. The lowest BCUT2D eigenvalue weighted by molar-refractivity contribution is -0.395. The average Bonchev–Trinajstić information content (AvgIpc) is 3.59. The van der Waals surface area contributed by atoms with Gasteiger partial charge in [0.15, 0.2) is 18.9 Å². The van der Waals surface area contributed by atoms with Gasteiger partial charge in [0.1, 0.15) is 67.1 Å². The molecule has 65 heavy (non-hydrogen) atoms. The van der Waals surface area contributed by atoms with Crippen molar-refractivity contribution in [3.8, 4) is 0 Å². The van der Waals surface area contributed by atoms with Crippen LogP contribution in [-0.4, -0.2) is 193 Å². The van der Waals surface area contributed by atoms with Crippen molar-refractivity contribution in [1.82, 2.24) is 0 Å². The maximum Gasteiger partial charge on any atom is 0.187 e. The highest BCUT2D eigenvalue weighted by molar-refractivity contribution is 5.36. The van der Waals surface area contributed by atoms with E-state index in [1.807, 2.05) is 6.92 Å². The van der Waals surface area contributed by atoms with Crippen molar-refractivity contribution in [3.63, 3.8) is 0 Å². The van der Waals surface area contributed by atoms with Crippen molar-refractivity contribution in [2.24, 2.45) is 56.7 Å². The summed E-state index contributed by atoms with van der Waals surface area (Å²) in [6, 6.07) is 0. The molecule has 18 nitrogen and oxygen atoms in total. The number of hydrogen-bond donors (Lipinski definition) is 11. The molecule has 27 unspecified atom stereocenters. The van der Waals surface area contributed by atoms with E-state index in [4.69, 9.17) is 33.2 Å². The summed E-state index contributed by atoms with van der Waals surface area (Å²) in [5.41, 5.74) is -2.66. The Morgan fingerprint density at radius 2 is 1.29 bits per heavy atom. The number of ether oxygens (including phenoxy) is 7. The first kappa shape index (κ1) is 49.0. The quantitative estimate of drug-likeness (QED) is 0.0984. The molecule has 5 aliphatic carbocycles. The molecule has 4 aliphatic heterocycles. The number of hydrogen-bond acceptors (Lipinski definition) is 18. The van der Waals surface area contributed by atoms with E-state index in [0.29, 0.717) is 37.7 Å². The van der Waals surface area contributed by atoms with E-state index < -0.39 is 129 Å². The van der Waals surface area contributed by atoms with Crippen LogP contribution in [-0.2, 0) is 33.2 Å². The van der Waals surface area contributed by atoms with E-state index in [2.05, 4.69) is 46.8 Å². The average molecular weight is 929 g/mol. The van der Waals surface area contributed by atoms with Gasteiger partial charge in [0.05, 0.1) is 50.8 Å². The number of allylic oxidation sites excluding steroid dienone is 1. The summed E-state index contributed by atoms with van der Waals surface area (Å²) >= 11 is 0. The topological polar surface area (TPSA) is 287 Å². The maximum atomic E-state index is 12.3. The van der Waals surface area contributed by atoms with Crippen LogP contribution in [0, 0.1) is 56.7 Å². The van der Waals surface area contributed by atoms with Gasteiger partial charge in [-0.05, 0) is 79.4 Å². The molecule has 0 aromatic rings. The van der Waals surface area contributed by atoms with Crippen LogP contribution in [0.5, 0.6) is 0 Å². The minimum Gasteiger partial charge on any atom is -0.396 e. The van der Waals surface area contributed by atoms with Crippen molar-refractivity contribution in [2.75, 3.05) is 33.0 Å². The van der Waals surface area contributed by atoms with Gasteiger partial charge in [-0.25, -0.2) is 0 Å².